The first kappa shape index (κ1) is 16.1. The summed E-state index contributed by atoms with van der Waals surface area (Å²) in [5.41, 5.74) is 0. The van der Waals surface area contributed by atoms with E-state index in [1.165, 1.54) is 0 Å². The van der Waals surface area contributed by atoms with Crippen molar-refractivity contribution in [1.29, 1.82) is 0 Å². The molecule has 2 aliphatic heterocycles. The van der Waals surface area contributed by atoms with Gasteiger partial charge in [-0.15, -0.1) is 0 Å². The average Bonchev–Trinajstić information content (AvgIpc) is 2.91. The fourth-order valence-electron chi connectivity index (χ4n) is 3.39. The molecular formula is C15H28N2O2S. The zero-order valence-corrected chi connectivity index (χ0v) is 13.8. The molecule has 0 saturated carbocycles. The van der Waals surface area contributed by atoms with E-state index in [0.29, 0.717) is 17.9 Å². The Kier molecular flexibility index (Phi) is 6.18. The average molecular weight is 300 g/mol. The third kappa shape index (κ3) is 3.68. The van der Waals surface area contributed by atoms with E-state index in [-0.39, 0.29) is 5.92 Å². The SMILES string of the molecule is CC[C@@H]1CN(C(=O)[C@H](C)CSC)C[C@@H]1N1CCOCC1. The summed E-state index contributed by atoms with van der Waals surface area (Å²) >= 11 is 1.76. The van der Waals surface area contributed by atoms with Crippen molar-refractivity contribution in [3.63, 3.8) is 0 Å². The number of hydrogen-bond donors (Lipinski definition) is 0. The smallest absolute Gasteiger partial charge is 0.226 e. The van der Waals surface area contributed by atoms with E-state index in [1.807, 2.05) is 0 Å². The molecule has 5 heteroatoms. The lowest BCUT2D eigenvalue weighted by Crippen LogP contribution is -2.47. The molecule has 1 amide bonds. The maximum atomic E-state index is 12.5. The van der Waals surface area contributed by atoms with E-state index >= 15 is 0 Å². The van der Waals surface area contributed by atoms with Gasteiger partial charge in [0.05, 0.1) is 13.2 Å². The van der Waals surface area contributed by atoms with Crippen LogP contribution in [0.15, 0.2) is 0 Å². The lowest BCUT2D eigenvalue weighted by molar-refractivity contribution is -0.133. The Balaban J connectivity index is 1.96. The number of rotatable bonds is 5. The minimum absolute atomic E-state index is 0.144. The zero-order valence-electron chi connectivity index (χ0n) is 13.0. The van der Waals surface area contributed by atoms with Crippen molar-refractivity contribution in [2.24, 2.45) is 11.8 Å². The molecule has 0 unspecified atom stereocenters. The second-order valence-electron chi connectivity index (χ2n) is 5.98. The van der Waals surface area contributed by atoms with Gasteiger partial charge in [0.1, 0.15) is 0 Å². The lowest BCUT2D eigenvalue weighted by Gasteiger charge is -2.34. The first-order valence-corrected chi connectivity index (χ1v) is 9.16. The van der Waals surface area contributed by atoms with Crippen LogP contribution in [0.4, 0.5) is 0 Å². The lowest BCUT2D eigenvalue weighted by atomic mass is 9.99. The van der Waals surface area contributed by atoms with Crippen molar-refractivity contribution >= 4 is 17.7 Å². The number of nitrogens with zero attached hydrogens (tertiary/aromatic N) is 2. The number of carbonyl (C=O) groups is 1. The Morgan fingerprint density at radius 1 is 1.35 bits per heavy atom. The van der Waals surface area contributed by atoms with Crippen molar-refractivity contribution < 1.29 is 9.53 Å². The molecule has 4 nitrogen and oxygen atoms in total. The highest BCUT2D eigenvalue weighted by Crippen LogP contribution is 2.27. The molecule has 2 heterocycles. The summed E-state index contributed by atoms with van der Waals surface area (Å²) in [5, 5.41) is 0. The van der Waals surface area contributed by atoms with Gasteiger partial charge in [-0.25, -0.2) is 0 Å². The summed E-state index contributed by atoms with van der Waals surface area (Å²) in [7, 11) is 0. The number of likely N-dealkylation sites (tertiary alicyclic amines) is 1. The summed E-state index contributed by atoms with van der Waals surface area (Å²) < 4.78 is 5.45. The standard InChI is InChI=1S/C15H28N2O2S/c1-4-13-9-17(15(18)12(2)11-20-3)10-14(13)16-5-7-19-8-6-16/h12-14H,4-11H2,1-3H3/t12-,13-,14+/m1/s1. The molecule has 2 fully saturated rings. The van der Waals surface area contributed by atoms with E-state index in [0.717, 1.165) is 51.6 Å². The van der Waals surface area contributed by atoms with Gasteiger partial charge in [-0.1, -0.05) is 20.3 Å². The molecule has 2 aliphatic rings. The Morgan fingerprint density at radius 3 is 2.65 bits per heavy atom. The van der Waals surface area contributed by atoms with Gasteiger partial charge < -0.3 is 9.64 Å². The highest BCUT2D eigenvalue weighted by atomic mass is 32.2. The number of ether oxygens (including phenoxy) is 1. The van der Waals surface area contributed by atoms with Crippen molar-refractivity contribution in [2.75, 3.05) is 51.4 Å². The second-order valence-corrected chi connectivity index (χ2v) is 6.89. The molecule has 0 aliphatic carbocycles. The summed E-state index contributed by atoms with van der Waals surface area (Å²) in [6.07, 6.45) is 3.22. The monoisotopic (exact) mass is 300 g/mol. The van der Waals surface area contributed by atoms with Gasteiger partial charge >= 0.3 is 0 Å². The predicted molar refractivity (Wildman–Crippen MR) is 84.1 cm³/mol. The van der Waals surface area contributed by atoms with E-state index in [2.05, 4.69) is 29.9 Å². The van der Waals surface area contributed by atoms with Crippen LogP contribution in [0.1, 0.15) is 20.3 Å². The molecule has 0 bridgehead atoms. The fraction of sp³-hybridized carbons (Fsp3) is 0.933. The highest BCUT2D eigenvalue weighted by Gasteiger charge is 2.38. The molecule has 2 saturated heterocycles. The summed E-state index contributed by atoms with van der Waals surface area (Å²) in [6.45, 7) is 9.87. The van der Waals surface area contributed by atoms with Gasteiger partial charge in [0.15, 0.2) is 0 Å². The van der Waals surface area contributed by atoms with Gasteiger partial charge in [-0.05, 0) is 12.2 Å². The topological polar surface area (TPSA) is 32.8 Å². The van der Waals surface area contributed by atoms with Crippen LogP contribution in [0.25, 0.3) is 0 Å². The Labute approximate surface area is 127 Å². The van der Waals surface area contributed by atoms with Gasteiger partial charge in [-0.2, -0.15) is 11.8 Å². The molecule has 0 N–H and O–H groups in total. The normalized spacial score (nSPS) is 29.6. The van der Waals surface area contributed by atoms with Crippen LogP contribution in [0.5, 0.6) is 0 Å². The van der Waals surface area contributed by atoms with Crippen LogP contribution in [-0.2, 0) is 9.53 Å². The van der Waals surface area contributed by atoms with E-state index in [9.17, 15) is 4.79 Å². The van der Waals surface area contributed by atoms with Crippen LogP contribution < -0.4 is 0 Å². The minimum Gasteiger partial charge on any atom is -0.379 e. The first-order valence-electron chi connectivity index (χ1n) is 7.76. The molecule has 0 aromatic heterocycles. The Morgan fingerprint density at radius 2 is 2.05 bits per heavy atom. The summed E-state index contributed by atoms with van der Waals surface area (Å²) in [5.74, 6) is 2.03. The third-order valence-corrected chi connectivity index (χ3v) is 5.43. The van der Waals surface area contributed by atoms with Crippen LogP contribution in [-0.4, -0.2) is 73.2 Å². The van der Waals surface area contributed by atoms with Crippen molar-refractivity contribution in [1.82, 2.24) is 9.80 Å². The largest absolute Gasteiger partial charge is 0.379 e. The number of thioether (sulfide) groups is 1. The second kappa shape index (κ2) is 7.66. The van der Waals surface area contributed by atoms with Crippen LogP contribution in [0.3, 0.4) is 0 Å². The Hall–Kier alpha value is -0.260. The van der Waals surface area contributed by atoms with Crippen LogP contribution >= 0.6 is 11.8 Å². The van der Waals surface area contributed by atoms with Crippen molar-refractivity contribution in [2.45, 2.75) is 26.3 Å². The molecule has 0 spiro atoms. The van der Waals surface area contributed by atoms with E-state index in [4.69, 9.17) is 4.74 Å². The zero-order chi connectivity index (χ0) is 14.5. The van der Waals surface area contributed by atoms with Crippen LogP contribution in [0.2, 0.25) is 0 Å². The van der Waals surface area contributed by atoms with Gasteiger partial charge in [-0.3, -0.25) is 9.69 Å². The molecule has 2 rings (SSSR count). The van der Waals surface area contributed by atoms with Crippen molar-refractivity contribution in [3.8, 4) is 0 Å². The molecule has 20 heavy (non-hydrogen) atoms. The summed E-state index contributed by atoms with van der Waals surface area (Å²) in [6, 6.07) is 0.536. The third-order valence-electron chi connectivity index (χ3n) is 4.60. The molecular weight excluding hydrogens is 272 g/mol. The molecule has 0 aromatic carbocycles. The number of amides is 1. The number of morpholine rings is 1. The number of carbonyl (C=O) groups excluding carboxylic acids is 1. The van der Waals surface area contributed by atoms with Crippen LogP contribution in [0, 0.1) is 11.8 Å². The molecule has 3 atom stereocenters. The maximum Gasteiger partial charge on any atom is 0.226 e. The molecule has 0 radical (unpaired) electrons. The van der Waals surface area contributed by atoms with Gasteiger partial charge in [0, 0.05) is 43.9 Å². The first-order chi connectivity index (χ1) is 9.67. The summed E-state index contributed by atoms with van der Waals surface area (Å²) in [4.78, 5) is 17.1. The van der Waals surface area contributed by atoms with Crippen molar-refractivity contribution in [3.05, 3.63) is 0 Å². The fourth-order valence-corrected chi connectivity index (χ4v) is 4.03. The van der Waals surface area contributed by atoms with E-state index < -0.39 is 0 Å². The van der Waals surface area contributed by atoms with Gasteiger partial charge in [0.25, 0.3) is 0 Å². The highest BCUT2D eigenvalue weighted by molar-refractivity contribution is 7.98. The maximum absolute atomic E-state index is 12.5. The van der Waals surface area contributed by atoms with Gasteiger partial charge in [0.2, 0.25) is 5.91 Å². The quantitative estimate of drug-likeness (QED) is 0.771. The molecule has 0 aromatic rings. The number of hydrogen-bond acceptors (Lipinski definition) is 4. The Bertz CT molecular complexity index is 321. The predicted octanol–water partition coefficient (Wildman–Crippen LogP) is 1.55. The molecule has 116 valence electrons. The minimum atomic E-state index is 0.144. The van der Waals surface area contributed by atoms with E-state index in [1.54, 1.807) is 11.8 Å².